The van der Waals surface area contributed by atoms with E-state index >= 15 is 0 Å². The maximum Gasteiger partial charge on any atom is 0.192 e. The number of Topliss-reactive ketones (excluding diaryl/α,β-unsaturated/α-hetero) is 1. The maximum atomic E-state index is 12.4. The Labute approximate surface area is 126 Å². The van der Waals surface area contributed by atoms with Crippen molar-refractivity contribution in [3.8, 4) is 0 Å². The highest BCUT2D eigenvalue weighted by Gasteiger charge is 2.29. The van der Waals surface area contributed by atoms with Crippen molar-refractivity contribution in [1.82, 2.24) is 0 Å². The monoisotopic (exact) mass is 298 g/mol. The van der Waals surface area contributed by atoms with Crippen LogP contribution in [0, 0.1) is 0 Å². The Morgan fingerprint density at radius 3 is 2.38 bits per heavy atom. The zero-order valence-electron chi connectivity index (χ0n) is 10.9. The number of allylic oxidation sites excluding steroid dienone is 1. The van der Waals surface area contributed by atoms with E-state index in [2.05, 4.69) is 0 Å². The zero-order chi connectivity index (χ0) is 15.0. The van der Waals surface area contributed by atoms with Gasteiger partial charge < -0.3 is 5.11 Å². The second kappa shape index (κ2) is 5.28. The summed E-state index contributed by atoms with van der Waals surface area (Å²) in [6, 6.07) is 13.2. The van der Waals surface area contributed by atoms with E-state index in [-0.39, 0.29) is 17.1 Å². The van der Waals surface area contributed by atoms with Gasteiger partial charge in [0.15, 0.2) is 11.6 Å². The van der Waals surface area contributed by atoms with Gasteiger partial charge in [-0.3, -0.25) is 9.59 Å². The lowest BCUT2D eigenvalue weighted by molar-refractivity contribution is 0.0947. The van der Waals surface area contributed by atoms with Gasteiger partial charge in [-0.05, 0) is 23.8 Å². The highest BCUT2D eigenvalue weighted by atomic mass is 35.5. The van der Waals surface area contributed by atoms with Gasteiger partial charge in [0.1, 0.15) is 6.10 Å². The summed E-state index contributed by atoms with van der Waals surface area (Å²) in [7, 11) is 0. The van der Waals surface area contributed by atoms with E-state index < -0.39 is 6.10 Å². The molecule has 0 saturated carbocycles. The number of halogens is 1. The third kappa shape index (κ3) is 2.42. The van der Waals surface area contributed by atoms with Crippen LogP contribution in [0.1, 0.15) is 32.4 Å². The third-order valence-electron chi connectivity index (χ3n) is 3.44. The van der Waals surface area contributed by atoms with E-state index in [1.54, 1.807) is 48.5 Å². The van der Waals surface area contributed by atoms with Crippen molar-refractivity contribution in [1.29, 1.82) is 0 Å². The number of ketones is 2. The molecule has 0 aromatic heterocycles. The Hall–Kier alpha value is -2.23. The van der Waals surface area contributed by atoms with Crippen molar-refractivity contribution in [2.24, 2.45) is 0 Å². The molecule has 4 heteroatoms. The average molecular weight is 299 g/mol. The van der Waals surface area contributed by atoms with Crippen molar-refractivity contribution in [3.63, 3.8) is 0 Å². The lowest BCUT2D eigenvalue weighted by Crippen LogP contribution is -2.21. The summed E-state index contributed by atoms with van der Waals surface area (Å²) < 4.78 is 0. The van der Waals surface area contributed by atoms with Gasteiger partial charge >= 0.3 is 0 Å². The van der Waals surface area contributed by atoms with Gasteiger partial charge in [-0.1, -0.05) is 48.0 Å². The van der Waals surface area contributed by atoms with Crippen molar-refractivity contribution in [3.05, 3.63) is 81.9 Å². The van der Waals surface area contributed by atoms with Crippen molar-refractivity contribution >= 4 is 23.2 Å². The molecule has 3 nitrogen and oxygen atoms in total. The summed E-state index contributed by atoms with van der Waals surface area (Å²) >= 11 is 5.89. The molecule has 1 unspecified atom stereocenters. The van der Waals surface area contributed by atoms with Gasteiger partial charge in [0, 0.05) is 21.7 Å². The van der Waals surface area contributed by atoms with Gasteiger partial charge in [-0.2, -0.15) is 0 Å². The first-order valence-electron chi connectivity index (χ1n) is 6.41. The first-order chi connectivity index (χ1) is 10.1. The number of aliphatic hydroxyl groups excluding tert-OH is 1. The number of aliphatic hydroxyl groups is 1. The molecule has 0 bridgehead atoms. The number of fused-ring (bicyclic) bond motifs is 1. The molecule has 0 amide bonds. The van der Waals surface area contributed by atoms with Crippen LogP contribution in [-0.2, 0) is 0 Å². The fourth-order valence-electron chi connectivity index (χ4n) is 2.40. The molecule has 1 aliphatic rings. The molecule has 104 valence electrons. The molecule has 1 N–H and O–H groups in total. The standard InChI is InChI=1S/C17H11ClO3/c18-11-5-3-4-10(8-11)16(20)14-9-15(19)12-6-1-2-7-13(12)17(14)21/h1-9,16,20H. The molecule has 2 aromatic carbocycles. The van der Waals surface area contributed by atoms with Crippen molar-refractivity contribution < 1.29 is 14.7 Å². The lowest BCUT2D eigenvalue weighted by atomic mass is 9.85. The Morgan fingerprint density at radius 1 is 0.952 bits per heavy atom. The molecule has 0 aliphatic heterocycles. The fraction of sp³-hybridized carbons (Fsp3) is 0.0588. The summed E-state index contributed by atoms with van der Waals surface area (Å²) in [5.74, 6) is -0.612. The van der Waals surface area contributed by atoms with Crippen LogP contribution in [0.25, 0.3) is 0 Å². The third-order valence-corrected chi connectivity index (χ3v) is 3.68. The first kappa shape index (κ1) is 13.7. The Balaban J connectivity index is 2.04. The summed E-state index contributed by atoms with van der Waals surface area (Å²) in [5.41, 5.74) is 1.24. The minimum absolute atomic E-state index is 0.0703. The van der Waals surface area contributed by atoms with E-state index in [0.29, 0.717) is 21.7 Å². The molecule has 3 rings (SSSR count). The molecule has 0 fully saturated rings. The molecule has 2 aromatic rings. The number of rotatable bonds is 2. The highest BCUT2D eigenvalue weighted by molar-refractivity contribution is 6.30. The van der Waals surface area contributed by atoms with E-state index in [1.165, 1.54) is 6.08 Å². The Bertz CT molecular complexity index is 777. The van der Waals surface area contributed by atoms with Crippen LogP contribution in [0.3, 0.4) is 0 Å². The largest absolute Gasteiger partial charge is 0.384 e. The molecule has 0 heterocycles. The van der Waals surface area contributed by atoms with E-state index in [9.17, 15) is 14.7 Å². The van der Waals surface area contributed by atoms with Crippen LogP contribution in [0.2, 0.25) is 5.02 Å². The predicted octanol–water partition coefficient (Wildman–Crippen LogP) is 3.38. The minimum Gasteiger partial charge on any atom is -0.384 e. The van der Waals surface area contributed by atoms with Gasteiger partial charge in [-0.15, -0.1) is 0 Å². The maximum absolute atomic E-state index is 12.4. The van der Waals surface area contributed by atoms with Crippen LogP contribution in [0.15, 0.2) is 60.2 Å². The molecular weight excluding hydrogens is 288 g/mol. The molecule has 1 aliphatic carbocycles. The molecule has 0 radical (unpaired) electrons. The number of carbonyl (C=O) groups is 2. The molecule has 1 atom stereocenters. The Kier molecular flexibility index (Phi) is 3.45. The normalized spacial score (nSPS) is 15.4. The second-order valence-electron chi connectivity index (χ2n) is 4.80. The zero-order valence-corrected chi connectivity index (χ0v) is 11.7. The molecule has 0 spiro atoms. The van der Waals surface area contributed by atoms with E-state index in [0.717, 1.165) is 0 Å². The SMILES string of the molecule is O=C1C=C(C(O)c2cccc(Cl)c2)C(=O)c2ccccc21. The highest BCUT2D eigenvalue weighted by Crippen LogP contribution is 2.30. The van der Waals surface area contributed by atoms with Gasteiger partial charge in [0.2, 0.25) is 0 Å². The quantitative estimate of drug-likeness (QED) is 0.924. The molecule has 21 heavy (non-hydrogen) atoms. The second-order valence-corrected chi connectivity index (χ2v) is 5.23. The summed E-state index contributed by atoms with van der Waals surface area (Å²) in [6.45, 7) is 0. The lowest BCUT2D eigenvalue weighted by Gasteiger charge is -2.19. The minimum atomic E-state index is -1.17. The van der Waals surface area contributed by atoms with Crippen LogP contribution in [-0.4, -0.2) is 16.7 Å². The molecule has 0 saturated heterocycles. The van der Waals surface area contributed by atoms with E-state index in [4.69, 9.17) is 11.6 Å². The number of benzene rings is 2. The number of carbonyl (C=O) groups excluding carboxylic acids is 2. The number of hydrogen-bond acceptors (Lipinski definition) is 3. The predicted molar refractivity (Wildman–Crippen MR) is 79.6 cm³/mol. The summed E-state index contributed by atoms with van der Waals surface area (Å²) in [5, 5.41) is 10.8. The average Bonchev–Trinajstić information content (AvgIpc) is 2.50. The van der Waals surface area contributed by atoms with Crippen LogP contribution in [0.4, 0.5) is 0 Å². The van der Waals surface area contributed by atoms with Crippen molar-refractivity contribution in [2.45, 2.75) is 6.10 Å². The number of hydrogen-bond donors (Lipinski definition) is 1. The van der Waals surface area contributed by atoms with E-state index in [1.807, 2.05) is 0 Å². The van der Waals surface area contributed by atoms with Gasteiger partial charge in [0.25, 0.3) is 0 Å². The fourth-order valence-corrected chi connectivity index (χ4v) is 2.59. The van der Waals surface area contributed by atoms with Crippen LogP contribution >= 0.6 is 11.6 Å². The summed E-state index contributed by atoms with van der Waals surface area (Å²) in [4.78, 5) is 24.5. The topological polar surface area (TPSA) is 54.4 Å². The molecular formula is C17H11ClO3. The van der Waals surface area contributed by atoms with Gasteiger partial charge in [0.05, 0.1) is 0 Å². The van der Waals surface area contributed by atoms with Crippen molar-refractivity contribution in [2.75, 3.05) is 0 Å². The summed E-state index contributed by atoms with van der Waals surface area (Å²) in [6.07, 6.45) is 0.0319. The smallest absolute Gasteiger partial charge is 0.192 e. The van der Waals surface area contributed by atoms with Crippen LogP contribution in [0.5, 0.6) is 0 Å². The van der Waals surface area contributed by atoms with Crippen LogP contribution < -0.4 is 0 Å². The van der Waals surface area contributed by atoms with Gasteiger partial charge in [-0.25, -0.2) is 0 Å². The Morgan fingerprint density at radius 2 is 1.67 bits per heavy atom. The first-order valence-corrected chi connectivity index (χ1v) is 6.79.